The molecule has 6 heteroatoms. The quantitative estimate of drug-likeness (QED) is 0.780. The number of aromatic nitrogens is 2. The number of H-pyrrole nitrogens is 1. The molecule has 22 heavy (non-hydrogen) atoms. The molecule has 0 aliphatic heterocycles. The zero-order chi connectivity index (χ0) is 15.7. The number of imidazole rings is 1. The Labute approximate surface area is 131 Å². The zero-order valence-corrected chi connectivity index (χ0v) is 12.6. The van der Waals surface area contributed by atoms with E-state index in [9.17, 15) is 9.59 Å². The summed E-state index contributed by atoms with van der Waals surface area (Å²) in [6.07, 6.45) is 0.240. The van der Waals surface area contributed by atoms with Crippen molar-refractivity contribution >= 4 is 34.2 Å². The largest absolute Gasteiger partial charge is 0.326 e. The Balaban J connectivity index is 1.78. The Morgan fingerprint density at radius 2 is 2.09 bits per heavy atom. The lowest BCUT2D eigenvalue weighted by atomic mass is 10.1. The molecule has 0 radical (unpaired) electrons. The first-order chi connectivity index (χ1) is 10.5. The number of halogens is 1. The smallest absolute Gasteiger partial charge is 0.326 e. The fourth-order valence-electron chi connectivity index (χ4n) is 2.35. The normalized spacial score (nSPS) is 10.8. The lowest BCUT2D eigenvalue weighted by molar-refractivity contribution is -0.115. The lowest BCUT2D eigenvalue weighted by Crippen LogP contribution is -2.14. The molecule has 2 aromatic carbocycles. The van der Waals surface area contributed by atoms with Crippen LogP contribution in [0.3, 0.4) is 0 Å². The summed E-state index contributed by atoms with van der Waals surface area (Å²) in [4.78, 5) is 26.4. The average Bonchev–Trinajstić information content (AvgIpc) is 2.73. The summed E-state index contributed by atoms with van der Waals surface area (Å²) >= 11 is 5.90. The topological polar surface area (TPSA) is 66.9 Å². The van der Waals surface area contributed by atoms with E-state index in [4.69, 9.17) is 11.6 Å². The molecule has 0 spiro atoms. The number of nitrogens with one attached hydrogen (secondary N) is 2. The van der Waals surface area contributed by atoms with E-state index in [0.717, 1.165) is 11.1 Å². The van der Waals surface area contributed by atoms with Gasteiger partial charge in [0.2, 0.25) is 5.91 Å². The standard InChI is InChI=1S/C16H14ClN3O2/c1-20-14-6-5-12(9-13(14)19-16(20)22)18-15(21)8-10-3-2-4-11(17)7-10/h2-7,9H,8H2,1H3,(H,18,21)(H,19,22). The van der Waals surface area contributed by atoms with Gasteiger partial charge in [-0.05, 0) is 35.9 Å². The molecule has 2 N–H and O–H groups in total. The number of hydrogen-bond acceptors (Lipinski definition) is 2. The summed E-state index contributed by atoms with van der Waals surface area (Å²) < 4.78 is 1.52. The second-order valence-electron chi connectivity index (χ2n) is 5.08. The molecule has 0 aliphatic rings. The Bertz CT molecular complexity index is 911. The molecule has 1 amide bonds. The number of aryl methyl sites for hydroxylation is 1. The molecule has 3 rings (SSSR count). The fourth-order valence-corrected chi connectivity index (χ4v) is 2.57. The van der Waals surface area contributed by atoms with Gasteiger partial charge in [-0.2, -0.15) is 0 Å². The maximum Gasteiger partial charge on any atom is 0.326 e. The van der Waals surface area contributed by atoms with E-state index < -0.39 is 0 Å². The van der Waals surface area contributed by atoms with E-state index in [1.54, 1.807) is 37.4 Å². The summed E-state index contributed by atoms with van der Waals surface area (Å²) in [7, 11) is 1.69. The highest BCUT2D eigenvalue weighted by atomic mass is 35.5. The van der Waals surface area contributed by atoms with Crippen LogP contribution in [0.15, 0.2) is 47.3 Å². The highest BCUT2D eigenvalue weighted by Gasteiger charge is 2.07. The number of carbonyl (C=O) groups excluding carboxylic acids is 1. The van der Waals surface area contributed by atoms with E-state index in [-0.39, 0.29) is 18.0 Å². The fraction of sp³-hybridized carbons (Fsp3) is 0.125. The Morgan fingerprint density at radius 1 is 1.27 bits per heavy atom. The van der Waals surface area contributed by atoms with Crippen LogP contribution in [-0.4, -0.2) is 15.5 Å². The minimum absolute atomic E-state index is 0.139. The van der Waals surface area contributed by atoms with Gasteiger partial charge in [-0.3, -0.25) is 9.36 Å². The number of hydrogen-bond donors (Lipinski definition) is 2. The molecule has 0 saturated carbocycles. The molecule has 0 fully saturated rings. The third-order valence-electron chi connectivity index (χ3n) is 3.44. The monoisotopic (exact) mass is 315 g/mol. The van der Waals surface area contributed by atoms with Crippen molar-refractivity contribution in [3.63, 3.8) is 0 Å². The van der Waals surface area contributed by atoms with Gasteiger partial charge in [0, 0.05) is 17.8 Å². The van der Waals surface area contributed by atoms with Crippen molar-refractivity contribution in [2.24, 2.45) is 7.05 Å². The van der Waals surface area contributed by atoms with Crippen LogP contribution < -0.4 is 11.0 Å². The number of fused-ring (bicyclic) bond motifs is 1. The van der Waals surface area contributed by atoms with Gasteiger partial charge < -0.3 is 10.3 Å². The van der Waals surface area contributed by atoms with Crippen LogP contribution in [0.25, 0.3) is 11.0 Å². The van der Waals surface area contributed by atoms with Crippen LogP contribution in [0.4, 0.5) is 5.69 Å². The van der Waals surface area contributed by atoms with Gasteiger partial charge in [-0.15, -0.1) is 0 Å². The molecule has 5 nitrogen and oxygen atoms in total. The first-order valence-corrected chi connectivity index (χ1v) is 7.14. The molecule has 0 aliphatic carbocycles. The van der Waals surface area contributed by atoms with Crippen molar-refractivity contribution < 1.29 is 4.79 Å². The minimum Gasteiger partial charge on any atom is -0.326 e. The van der Waals surface area contributed by atoms with Crippen LogP contribution in [-0.2, 0) is 18.3 Å². The summed E-state index contributed by atoms with van der Waals surface area (Å²) in [5, 5.41) is 3.42. The number of anilines is 1. The van der Waals surface area contributed by atoms with Gasteiger partial charge in [-0.1, -0.05) is 23.7 Å². The van der Waals surface area contributed by atoms with Crippen LogP contribution in [0.2, 0.25) is 5.02 Å². The summed E-state index contributed by atoms with van der Waals surface area (Å²) in [6, 6.07) is 12.5. The van der Waals surface area contributed by atoms with Gasteiger partial charge in [0.05, 0.1) is 17.5 Å². The number of carbonyl (C=O) groups is 1. The van der Waals surface area contributed by atoms with Crippen molar-refractivity contribution in [1.82, 2.24) is 9.55 Å². The number of benzene rings is 2. The van der Waals surface area contributed by atoms with E-state index >= 15 is 0 Å². The average molecular weight is 316 g/mol. The van der Waals surface area contributed by atoms with Gasteiger partial charge in [-0.25, -0.2) is 4.79 Å². The van der Waals surface area contributed by atoms with Crippen molar-refractivity contribution in [3.05, 3.63) is 63.5 Å². The first kappa shape index (κ1) is 14.4. The van der Waals surface area contributed by atoms with Crippen LogP contribution in [0.1, 0.15) is 5.56 Å². The predicted octanol–water partition coefficient (Wildman–Crippen LogP) is 2.70. The van der Waals surface area contributed by atoms with Crippen molar-refractivity contribution in [1.29, 1.82) is 0 Å². The van der Waals surface area contributed by atoms with E-state index in [2.05, 4.69) is 10.3 Å². The van der Waals surface area contributed by atoms with E-state index in [1.807, 2.05) is 12.1 Å². The third-order valence-corrected chi connectivity index (χ3v) is 3.68. The highest BCUT2D eigenvalue weighted by Crippen LogP contribution is 2.17. The molecular weight excluding hydrogens is 302 g/mol. The Kier molecular flexibility index (Phi) is 3.73. The first-order valence-electron chi connectivity index (χ1n) is 6.76. The zero-order valence-electron chi connectivity index (χ0n) is 11.9. The van der Waals surface area contributed by atoms with Crippen LogP contribution in [0.5, 0.6) is 0 Å². The van der Waals surface area contributed by atoms with E-state index in [1.165, 1.54) is 4.57 Å². The second-order valence-corrected chi connectivity index (χ2v) is 5.51. The van der Waals surface area contributed by atoms with Crippen molar-refractivity contribution in [2.45, 2.75) is 6.42 Å². The highest BCUT2D eigenvalue weighted by molar-refractivity contribution is 6.30. The van der Waals surface area contributed by atoms with Gasteiger partial charge in [0.1, 0.15) is 0 Å². The third kappa shape index (κ3) is 2.89. The van der Waals surface area contributed by atoms with E-state index in [0.29, 0.717) is 16.2 Å². The Morgan fingerprint density at radius 3 is 2.86 bits per heavy atom. The summed E-state index contributed by atoms with van der Waals surface area (Å²) in [6.45, 7) is 0. The van der Waals surface area contributed by atoms with Crippen molar-refractivity contribution in [2.75, 3.05) is 5.32 Å². The summed E-state index contributed by atoms with van der Waals surface area (Å²) in [5.74, 6) is -0.139. The number of aromatic amines is 1. The molecule has 0 bridgehead atoms. The molecule has 0 saturated heterocycles. The molecule has 1 heterocycles. The molecule has 112 valence electrons. The van der Waals surface area contributed by atoms with Gasteiger partial charge in [0.25, 0.3) is 0 Å². The number of amides is 1. The predicted molar refractivity (Wildman–Crippen MR) is 87.3 cm³/mol. The second kappa shape index (κ2) is 5.69. The molecule has 0 unspecified atom stereocenters. The van der Waals surface area contributed by atoms with Crippen LogP contribution >= 0.6 is 11.6 Å². The lowest BCUT2D eigenvalue weighted by Gasteiger charge is -2.06. The van der Waals surface area contributed by atoms with Gasteiger partial charge in [0.15, 0.2) is 0 Å². The summed E-state index contributed by atoms with van der Waals surface area (Å²) in [5.41, 5.74) is 2.78. The molecule has 3 aromatic rings. The number of rotatable bonds is 3. The number of nitrogens with zero attached hydrogens (tertiary/aromatic N) is 1. The molecule has 1 aromatic heterocycles. The SMILES string of the molecule is Cn1c(=O)[nH]c2cc(NC(=O)Cc3cccc(Cl)c3)ccc21. The maximum absolute atomic E-state index is 12.1. The molecule has 0 atom stereocenters. The van der Waals surface area contributed by atoms with Gasteiger partial charge >= 0.3 is 5.69 Å². The van der Waals surface area contributed by atoms with Crippen LogP contribution in [0, 0.1) is 0 Å². The molecular formula is C16H14ClN3O2. The maximum atomic E-state index is 12.1. The minimum atomic E-state index is -0.183. The Hall–Kier alpha value is -2.53. The van der Waals surface area contributed by atoms with Crippen molar-refractivity contribution in [3.8, 4) is 0 Å².